The van der Waals surface area contributed by atoms with Crippen molar-refractivity contribution in [3.05, 3.63) is 83.6 Å². The number of carbonyl (C=O) groups is 1. The molecule has 5 aromatic rings. The van der Waals surface area contributed by atoms with E-state index >= 15 is 0 Å². The number of aromatic nitrogens is 5. The number of hydrogen-bond donors (Lipinski definition) is 1. The number of aryl methyl sites for hydroxylation is 3. The van der Waals surface area contributed by atoms with Crippen molar-refractivity contribution in [2.45, 2.75) is 19.9 Å². The number of carbonyl (C=O) groups excluding carboxylic acids is 1. The minimum Gasteiger partial charge on any atom is -0.361 e. The Hall–Kier alpha value is -3.87. The molecule has 0 saturated heterocycles. The number of amides is 1. The summed E-state index contributed by atoms with van der Waals surface area (Å²) in [5, 5.41) is 5.62. The maximum absolute atomic E-state index is 13.5. The lowest BCUT2D eigenvalue weighted by Crippen LogP contribution is -2.33. The standard InChI is InChI=1S/C25H26N6O/c1-17-14-22(28-30(17)3)25(32)31(13-12-18-15-26-20-9-5-4-8-19(18)20)16-24-27-21-10-6-7-11-23(21)29(24)2/h4-11,14-15,26H,12-13,16H2,1-3H3. The Morgan fingerprint density at radius 3 is 2.66 bits per heavy atom. The number of hydrogen-bond acceptors (Lipinski definition) is 3. The highest BCUT2D eigenvalue weighted by atomic mass is 16.2. The van der Waals surface area contributed by atoms with Crippen molar-refractivity contribution >= 4 is 27.8 Å². The van der Waals surface area contributed by atoms with Gasteiger partial charge in [-0.3, -0.25) is 9.48 Å². The zero-order valence-corrected chi connectivity index (χ0v) is 18.5. The summed E-state index contributed by atoms with van der Waals surface area (Å²) in [6, 6.07) is 18.1. The third-order valence-corrected chi connectivity index (χ3v) is 6.16. The minimum atomic E-state index is -0.0828. The van der Waals surface area contributed by atoms with Crippen molar-refractivity contribution < 1.29 is 4.79 Å². The van der Waals surface area contributed by atoms with Gasteiger partial charge in [0.1, 0.15) is 5.82 Å². The van der Waals surface area contributed by atoms with Crippen LogP contribution in [0.25, 0.3) is 21.9 Å². The molecule has 0 bridgehead atoms. The largest absolute Gasteiger partial charge is 0.361 e. The van der Waals surface area contributed by atoms with Crippen molar-refractivity contribution in [3.63, 3.8) is 0 Å². The monoisotopic (exact) mass is 426 g/mol. The highest BCUT2D eigenvalue weighted by molar-refractivity contribution is 5.92. The maximum Gasteiger partial charge on any atom is 0.274 e. The number of nitrogens with zero attached hydrogens (tertiary/aromatic N) is 5. The average Bonchev–Trinajstić information content (AvgIpc) is 3.47. The second-order valence-corrected chi connectivity index (χ2v) is 8.21. The molecule has 0 aliphatic rings. The van der Waals surface area contributed by atoms with E-state index in [0.29, 0.717) is 18.8 Å². The molecular weight excluding hydrogens is 400 g/mol. The lowest BCUT2D eigenvalue weighted by molar-refractivity contribution is 0.0733. The molecule has 0 saturated carbocycles. The van der Waals surface area contributed by atoms with Gasteiger partial charge in [-0.1, -0.05) is 30.3 Å². The first-order valence-corrected chi connectivity index (χ1v) is 10.8. The summed E-state index contributed by atoms with van der Waals surface area (Å²) in [5.74, 6) is 0.770. The summed E-state index contributed by atoms with van der Waals surface area (Å²) in [6.07, 6.45) is 2.78. The smallest absolute Gasteiger partial charge is 0.274 e. The topological polar surface area (TPSA) is 71.7 Å². The van der Waals surface area contributed by atoms with Crippen LogP contribution in [0.2, 0.25) is 0 Å². The van der Waals surface area contributed by atoms with Gasteiger partial charge in [-0.25, -0.2) is 4.98 Å². The molecule has 3 aromatic heterocycles. The van der Waals surface area contributed by atoms with Gasteiger partial charge in [0, 0.05) is 43.4 Å². The number of H-pyrrole nitrogens is 1. The normalized spacial score (nSPS) is 11.5. The third kappa shape index (κ3) is 3.56. The van der Waals surface area contributed by atoms with E-state index in [4.69, 9.17) is 4.98 Å². The lowest BCUT2D eigenvalue weighted by atomic mass is 10.1. The number of benzene rings is 2. The number of para-hydroxylation sites is 3. The Bertz CT molecular complexity index is 1400. The number of rotatable bonds is 6. The van der Waals surface area contributed by atoms with E-state index in [0.717, 1.165) is 34.5 Å². The molecule has 1 N–H and O–H groups in total. The van der Waals surface area contributed by atoms with Gasteiger partial charge < -0.3 is 14.5 Å². The molecule has 0 atom stereocenters. The summed E-state index contributed by atoms with van der Waals surface area (Å²) in [6.45, 7) is 2.94. The van der Waals surface area contributed by atoms with Crippen molar-refractivity contribution in [1.29, 1.82) is 0 Å². The number of fused-ring (bicyclic) bond motifs is 2. The van der Waals surface area contributed by atoms with Gasteiger partial charge >= 0.3 is 0 Å². The molecule has 0 aliphatic heterocycles. The van der Waals surface area contributed by atoms with Crippen LogP contribution in [0.5, 0.6) is 0 Å². The fourth-order valence-corrected chi connectivity index (χ4v) is 4.18. The Morgan fingerprint density at radius 2 is 1.88 bits per heavy atom. The van der Waals surface area contributed by atoms with Crippen molar-refractivity contribution in [2.24, 2.45) is 14.1 Å². The van der Waals surface area contributed by atoms with E-state index in [-0.39, 0.29) is 5.91 Å². The molecule has 3 heterocycles. The molecule has 0 aliphatic carbocycles. The second-order valence-electron chi connectivity index (χ2n) is 8.21. The summed E-state index contributed by atoms with van der Waals surface area (Å²) < 4.78 is 3.80. The Kier molecular flexibility index (Phi) is 5.01. The van der Waals surface area contributed by atoms with Crippen LogP contribution in [0.1, 0.15) is 27.6 Å². The van der Waals surface area contributed by atoms with Crippen LogP contribution in [0.3, 0.4) is 0 Å². The van der Waals surface area contributed by atoms with Gasteiger partial charge in [-0.15, -0.1) is 0 Å². The van der Waals surface area contributed by atoms with Gasteiger partial charge in [-0.2, -0.15) is 5.10 Å². The van der Waals surface area contributed by atoms with Crippen molar-refractivity contribution in [1.82, 2.24) is 29.2 Å². The molecule has 32 heavy (non-hydrogen) atoms. The molecule has 0 radical (unpaired) electrons. The predicted octanol–water partition coefficient (Wildman–Crippen LogP) is 3.98. The van der Waals surface area contributed by atoms with E-state index in [2.05, 4.69) is 26.8 Å². The highest BCUT2D eigenvalue weighted by Crippen LogP contribution is 2.20. The van der Waals surface area contributed by atoms with E-state index < -0.39 is 0 Å². The molecule has 7 heteroatoms. The van der Waals surface area contributed by atoms with Gasteiger partial charge in [-0.05, 0) is 43.2 Å². The van der Waals surface area contributed by atoms with Crippen LogP contribution in [0, 0.1) is 6.92 Å². The van der Waals surface area contributed by atoms with E-state index in [1.807, 2.05) is 74.6 Å². The third-order valence-electron chi connectivity index (χ3n) is 6.16. The number of nitrogens with one attached hydrogen (secondary N) is 1. The Balaban J connectivity index is 1.46. The molecule has 0 unspecified atom stereocenters. The first-order chi connectivity index (χ1) is 15.5. The zero-order chi connectivity index (χ0) is 22.2. The predicted molar refractivity (Wildman–Crippen MR) is 125 cm³/mol. The molecular formula is C25H26N6O. The SMILES string of the molecule is Cc1cc(C(=O)N(CCc2c[nH]c3ccccc23)Cc2nc3ccccc3n2C)nn1C. The summed E-state index contributed by atoms with van der Waals surface area (Å²) >= 11 is 0. The molecule has 7 nitrogen and oxygen atoms in total. The van der Waals surface area contributed by atoms with Crippen molar-refractivity contribution in [3.8, 4) is 0 Å². The molecule has 0 fully saturated rings. The van der Waals surface area contributed by atoms with Crippen LogP contribution in [0.4, 0.5) is 0 Å². The Morgan fingerprint density at radius 1 is 1.09 bits per heavy atom. The summed E-state index contributed by atoms with van der Waals surface area (Å²) in [4.78, 5) is 23.4. The van der Waals surface area contributed by atoms with Gasteiger partial charge in [0.05, 0.1) is 17.6 Å². The van der Waals surface area contributed by atoms with E-state index in [1.54, 1.807) is 4.68 Å². The van der Waals surface area contributed by atoms with Gasteiger partial charge in [0.15, 0.2) is 5.69 Å². The molecule has 2 aromatic carbocycles. The average molecular weight is 427 g/mol. The zero-order valence-electron chi connectivity index (χ0n) is 18.5. The lowest BCUT2D eigenvalue weighted by Gasteiger charge is -2.21. The van der Waals surface area contributed by atoms with Crippen molar-refractivity contribution in [2.75, 3.05) is 6.54 Å². The van der Waals surface area contributed by atoms with Crippen LogP contribution < -0.4 is 0 Å². The number of imidazole rings is 1. The summed E-state index contributed by atoms with van der Waals surface area (Å²) in [7, 11) is 3.85. The highest BCUT2D eigenvalue weighted by Gasteiger charge is 2.22. The fourth-order valence-electron chi connectivity index (χ4n) is 4.18. The first-order valence-electron chi connectivity index (χ1n) is 10.8. The molecule has 162 valence electrons. The van der Waals surface area contributed by atoms with Gasteiger partial charge in [0.2, 0.25) is 0 Å². The molecule has 5 rings (SSSR count). The maximum atomic E-state index is 13.5. The summed E-state index contributed by atoms with van der Waals surface area (Å²) in [5.41, 5.74) is 5.70. The van der Waals surface area contributed by atoms with Crippen LogP contribution in [0.15, 0.2) is 60.8 Å². The minimum absolute atomic E-state index is 0.0828. The van der Waals surface area contributed by atoms with Crippen LogP contribution >= 0.6 is 0 Å². The van der Waals surface area contributed by atoms with E-state index in [9.17, 15) is 4.79 Å². The van der Waals surface area contributed by atoms with Crippen LogP contribution in [-0.2, 0) is 27.1 Å². The number of aromatic amines is 1. The van der Waals surface area contributed by atoms with E-state index in [1.165, 1.54) is 10.9 Å². The Labute approximate surface area is 186 Å². The van der Waals surface area contributed by atoms with Gasteiger partial charge in [0.25, 0.3) is 5.91 Å². The second kappa shape index (κ2) is 8.00. The fraction of sp³-hybridized carbons (Fsp3) is 0.240. The first kappa shape index (κ1) is 20.1. The molecule has 1 amide bonds. The molecule has 0 spiro atoms. The van der Waals surface area contributed by atoms with Crippen LogP contribution in [-0.4, -0.2) is 41.7 Å². The quantitative estimate of drug-likeness (QED) is 0.446.